The van der Waals surface area contributed by atoms with Gasteiger partial charge in [-0.2, -0.15) is 0 Å². The molecule has 0 aromatic heterocycles. The summed E-state index contributed by atoms with van der Waals surface area (Å²) in [6, 6.07) is 9.36. The Kier molecular flexibility index (Phi) is 6.91. The molecule has 0 saturated heterocycles. The highest BCUT2D eigenvalue weighted by Crippen LogP contribution is 2.26. The highest BCUT2D eigenvalue weighted by molar-refractivity contribution is 5.34. The van der Waals surface area contributed by atoms with Gasteiger partial charge in [0.1, 0.15) is 0 Å². The van der Waals surface area contributed by atoms with E-state index in [2.05, 4.69) is 89.4 Å². The zero-order valence-corrected chi connectivity index (χ0v) is 14.5. The van der Waals surface area contributed by atoms with Crippen molar-refractivity contribution in [2.24, 2.45) is 0 Å². The lowest BCUT2D eigenvalue weighted by atomic mass is 9.86. The lowest BCUT2D eigenvalue weighted by Gasteiger charge is -2.23. The molecule has 0 aliphatic carbocycles. The average Bonchev–Trinajstić information content (AvgIpc) is 2.45. The van der Waals surface area contributed by atoms with Gasteiger partial charge in [0.05, 0.1) is 6.04 Å². The Morgan fingerprint density at radius 2 is 1.81 bits per heavy atom. The zero-order valence-electron chi connectivity index (χ0n) is 14.5. The quantitative estimate of drug-likeness (QED) is 0.676. The van der Waals surface area contributed by atoms with Crippen molar-refractivity contribution in [2.75, 3.05) is 6.54 Å². The van der Waals surface area contributed by atoms with Crippen LogP contribution in [0.15, 0.2) is 48.1 Å². The van der Waals surface area contributed by atoms with E-state index >= 15 is 0 Å². The number of benzene rings is 1. The van der Waals surface area contributed by atoms with Crippen molar-refractivity contribution in [2.45, 2.75) is 59.4 Å². The topological polar surface area (TPSA) is 12.0 Å². The molecule has 0 heterocycles. The van der Waals surface area contributed by atoms with E-state index in [0.29, 0.717) is 6.04 Å². The number of rotatable bonds is 6. The lowest BCUT2D eigenvalue weighted by Crippen LogP contribution is -2.23. The first-order valence-electron chi connectivity index (χ1n) is 8.03. The van der Waals surface area contributed by atoms with Gasteiger partial charge in [-0.05, 0) is 43.4 Å². The number of hydrogen-bond acceptors (Lipinski definition) is 1. The first-order valence-corrected chi connectivity index (χ1v) is 8.03. The number of allylic oxidation sites excluding steroid dienone is 3. The molecule has 1 heteroatoms. The minimum Gasteiger partial charge on any atom is -0.307 e. The van der Waals surface area contributed by atoms with Gasteiger partial charge in [0, 0.05) is 0 Å². The van der Waals surface area contributed by atoms with Crippen LogP contribution in [-0.2, 0) is 5.41 Å². The average molecular weight is 285 g/mol. The van der Waals surface area contributed by atoms with E-state index in [1.165, 1.54) is 16.7 Å². The molecule has 1 aromatic rings. The van der Waals surface area contributed by atoms with E-state index in [-0.39, 0.29) is 5.41 Å². The summed E-state index contributed by atoms with van der Waals surface area (Å²) in [4.78, 5) is 0. The Morgan fingerprint density at radius 3 is 2.29 bits per heavy atom. The zero-order chi connectivity index (χ0) is 15.9. The highest BCUT2D eigenvalue weighted by atomic mass is 14.9. The standard InChI is InChI=1S/C20H31N/c1-7-9-10-16(3)19(21-15-8-2)17-11-13-18(14-12-17)20(4,5)6/h7,9-14,19,21H,8,15H2,1-6H3/b9-7-,16-10+. The number of nitrogens with one attached hydrogen (secondary N) is 1. The second-order valence-electron chi connectivity index (χ2n) is 6.70. The maximum atomic E-state index is 3.65. The summed E-state index contributed by atoms with van der Waals surface area (Å²) in [7, 11) is 0. The van der Waals surface area contributed by atoms with Crippen molar-refractivity contribution in [3.63, 3.8) is 0 Å². The van der Waals surface area contributed by atoms with Crippen LogP contribution < -0.4 is 5.32 Å². The molecule has 0 saturated carbocycles. The predicted octanol–water partition coefficient (Wildman–Crippen LogP) is 5.55. The molecule has 1 rings (SSSR count). The molecular weight excluding hydrogens is 254 g/mol. The van der Waals surface area contributed by atoms with E-state index < -0.39 is 0 Å². The molecular formula is C20H31N. The summed E-state index contributed by atoms with van der Waals surface area (Å²) in [6.45, 7) is 14.3. The second-order valence-corrected chi connectivity index (χ2v) is 6.70. The van der Waals surface area contributed by atoms with Crippen molar-refractivity contribution >= 4 is 0 Å². The van der Waals surface area contributed by atoms with Gasteiger partial charge in [-0.1, -0.05) is 75.8 Å². The van der Waals surface area contributed by atoms with Crippen LogP contribution in [0.4, 0.5) is 0 Å². The summed E-state index contributed by atoms with van der Waals surface area (Å²) in [5.41, 5.74) is 4.29. The summed E-state index contributed by atoms with van der Waals surface area (Å²) in [5, 5.41) is 3.65. The van der Waals surface area contributed by atoms with Gasteiger partial charge in [-0.15, -0.1) is 0 Å². The van der Waals surface area contributed by atoms with Gasteiger partial charge in [0.2, 0.25) is 0 Å². The molecule has 1 unspecified atom stereocenters. The van der Waals surface area contributed by atoms with E-state index in [1.54, 1.807) is 0 Å². The number of hydrogen-bond donors (Lipinski definition) is 1. The highest BCUT2D eigenvalue weighted by Gasteiger charge is 2.16. The van der Waals surface area contributed by atoms with Crippen molar-refractivity contribution < 1.29 is 0 Å². The molecule has 21 heavy (non-hydrogen) atoms. The minimum absolute atomic E-state index is 0.209. The van der Waals surface area contributed by atoms with Crippen LogP contribution in [-0.4, -0.2) is 6.54 Å². The van der Waals surface area contributed by atoms with Crippen LogP contribution in [0.3, 0.4) is 0 Å². The normalized spacial score (nSPS) is 14.7. The predicted molar refractivity (Wildman–Crippen MR) is 94.7 cm³/mol. The van der Waals surface area contributed by atoms with E-state index in [4.69, 9.17) is 0 Å². The van der Waals surface area contributed by atoms with Crippen molar-refractivity contribution in [1.82, 2.24) is 5.32 Å². The molecule has 0 aliphatic rings. The van der Waals surface area contributed by atoms with Gasteiger partial charge in [-0.3, -0.25) is 0 Å². The third kappa shape index (κ3) is 5.51. The van der Waals surface area contributed by atoms with Gasteiger partial charge < -0.3 is 5.32 Å². The fourth-order valence-corrected chi connectivity index (χ4v) is 2.35. The van der Waals surface area contributed by atoms with Crippen molar-refractivity contribution in [3.05, 3.63) is 59.2 Å². The van der Waals surface area contributed by atoms with Gasteiger partial charge in [0.15, 0.2) is 0 Å². The van der Waals surface area contributed by atoms with Crippen LogP contribution in [0, 0.1) is 0 Å². The van der Waals surface area contributed by atoms with Crippen LogP contribution in [0.25, 0.3) is 0 Å². The first kappa shape index (κ1) is 17.7. The monoisotopic (exact) mass is 285 g/mol. The SMILES string of the molecule is C/C=C\C=C(/C)C(NCCC)c1ccc(C(C)(C)C)cc1. The smallest absolute Gasteiger partial charge is 0.0536 e. The molecule has 1 atom stereocenters. The second kappa shape index (κ2) is 8.19. The molecule has 0 bridgehead atoms. The molecule has 1 N–H and O–H groups in total. The summed E-state index contributed by atoms with van der Waals surface area (Å²) >= 11 is 0. The third-order valence-corrected chi connectivity index (χ3v) is 3.72. The lowest BCUT2D eigenvalue weighted by molar-refractivity contribution is 0.580. The van der Waals surface area contributed by atoms with E-state index in [0.717, 1.165) is 13.0 Å². The van der Waals surface area contributed by atoms with Crippen LogP contribution >= 0.6 is 0 Å². The van der Waals surface area contributed by atoms with Gasteiger partial charge in [-0.25, -0.2) is 0 Å². The summed E-state index contributed by atoms with van der Waals surface area (Å²) < 4.78 is 0. The molecule has 1 nitrogen and oxygen atoms in total. The van der Waals surface area contributed by atoms with Crippen molar-refractivity contribution in [3.8, 4) is 0 Å². The Balaban J connectivity index is 3.03. The Morgan fingerprint density at radius 1 is 1.19 bits per heavy atom. The molecule has 0 aliphatic heterocycles. The molecule has 116 valence electrons. The maximum absolute atomic E-state index is 3.65. The minimum atomic E-state index is 0.209. The van der Waals surface area contributed by atoms with Gasteiger partial charge >= 0.3 is 0 Å². The third-order valence-electron chi connectivity index (χ3n) is 3.72. The van der Waals surface area contributed by atoms with E-state index in [1.807, 2.05) is 0 Å². The largest absolute Gasteiger partial charge is 0.307 e. The summed E-state index contributed by atoms with van der Waals surface area (Å²) in [5.74, 6) is 0. The van der Waals surface area contributed by atoms with Crippen LogP contribution in [0.1, 0.15) is 65.1 Å². The first-order chi connectivity index (χ1) is 9.90. The Bertz CT molecular complexity index is 472. The Labute approximate surface area is 131 Å². The molecule has 0 fully saturated rings. The molecule has 0 spiro atoms. The fraction of sp³-hybridized carbons (Fsp3) is 0.500. The molecule has 0 radical (unpaired) electrons. The fourth-order valence-electron chi connectivity index (χ4n) is 2.35. The van der Waals surface area contributed by atoms with Crippen molar-refractivity contribution in [1.29, 1.82) is 0 Å². The maximum Gasteiger partial charge on any atom is 0.0536 e. The summed E-state index contributed by atoms with van der Waals surface area (Å²) in [6.07, 6.45) is 7.53. The van der Waals surface area contributed by atoms with Crippen LogP contribution in [0.2, 0.25) is 0 Å². The van der Waals surface area contributed by atoms with Gasteiger partial charge in [0.25, 0.3) is 0 Å². The molecule has 1 aromatic carbocycles. The Hall–Kier alpha value is -1.34. The van der Waals surface area contributed by atoms with Crippen LogP contribution in [0.5, 0.6) is 0 Å². The molecule has 0 amide bonds. The van der Waals surface area contributed by atoms with E-state index in [9.17, 15) is 0 Å².